The van der Waals surface area contributed by atoms with Gasteiger partial charge in [-0.3, -0.25) is 0 Å². The Bertz CT molecular complexity index is 239. The van der Waals surface area contributed by atoms with Crippen LogP contribution < -0.4 is 0 Å². The molecule has 0 heterocycles. The van der Waals surface area contributed by atoms with Crippen molar-refractivity contribution in [1.82, 2.24) is 4.31 Å². The largest absolute Gasteiger partial charge is 0.216 e. The van der Waals surface area contributed by atoms with E-state index < -0.39 is 10.0 Å². The topological polar surface area (TPSA) is 37.4 Å². The number of nitrogens with zero attached hydrogens (tertiary/aromatic N) is 1. The predicted molar refractivity (Wildman–Crippen MR) is 64.3 cm³/mol. The number of hydrogen-bond donors (Lipinski definition) is 0. The summed E-state index contributed by atoms with van der Waals surface area (Å²) in [5.74, 6) is 0. The second kappa shape index (κ2) is 6.80. The molecule has 0 radical (unpaired) electrons. The quantitative estimate of drug-likeness (QED) is 0.673. The first kappa shape index (κ1) is 14.4. The number of sulfonamides is 1. The van der Waals surface area contributed by atoms with Crippen LogP contribution in [0.1, 0.15) is 33.6 Å². The summed E-state index contributed by atoms with van der Waals surface area (Å²) in [5, 5.41) is 0.376. The van der Waals surface area contributed by atoms with Gasteiger partial charge in [0, 0.05) is 18.4 Å². The molecular weight excluding hydrogens is 266 g/mol. The minimum absolute atomic E-state index is 0.321. The lowest BCUT2D eigenvalue weighted by atomic mass is 10.3. The molecule has 0 rings (SSSR count). The molecule has 0 aromatic carbocycles. The minimum Gasteiger partial charge on any atom is -0.212 e. The molecule has 0 saturated heterocycles. The predicted octanol–water partition coefficient (Wildman–Crippen LogP) is 2.22. The van der Waals surface area contributed by atoms with E-state index in [0.717, 1.165) is 12.8 Å². The lowest BCUT2D eigenvalue weighted by Crippen LogP contribution is -2.38. The first-order valence-electron chi connectivity index (χ1n) is 5.01. The van der Waals surface area contributed by atoms with Gasteiger partial charge in [0.1, 0.15) is 0 Å². The van der Waals surface area contributed by atoms with E-state index in [1.54, 1.807) is 18.2 Å². The second-order valence-corrected chi connectivity index (χ2v) is 6.82. The van der Waals surface area contributed by atoms with Crippen LogP contribution >= 0.6 is 15.9 Å². The highest BCUT2D eigenvalue weighted by Crippen LogP contribution is 2.10. The highest BCUT2D eigenvalue weighted by atomic mass is 79.9. The van der Waals surface area contributed by atoms with E-state index in [1.165, 1.54) is 0 Å². The number of hydrogen-bond acceptors (Lipinski definition) is 2. The maximum absolute atomic E-state index is 11.8. The molecule has 0 aromatic rings. The molecule has 0 bridgehead atoms. The second-order valence-electron chi connectivity index (χ2n) is 3.54. The molecular formula is C9H20BrNO2S. The van der Waals surface area contributed by atoms with Gasteiger partial charge in [0.25, 0.3) is 0 Å². The van der Waals surface area contributed by atoms with Crippen molar-refractivity contribution in [2.75, 3.05) is 18.4 Å². The summed E-state index contributed by atoms with van der Waals surface area (Å²) in [6.45, 7) is 6.72. The van der Waals surface area contributed by atoms with Gasteiger partial charge in [0.15, 0.2) is 0 Å². The zero-order chi connectivity index (χ0) is 11.2. The van der Waals surface area contributed by atoms with Crippen molar-refractivity contribution in [1.29, 1.82) is 0 Å². The van der Waals surface area contributed by atoms with Gasteiger partial charge in [0.2, 0.25) is 10.0 Å². The van der Waals surface area contributed by atoms with Crippen LogP contribution in [0.5, 0.6) is 0 Å². The minimum atomic E-state index is -3.07. The van der Waals surface area contributed by atoms with Crippen LogP contribution in [0.2, 0.25) is 0 Å². The fraction of sp³-hybridized carbons (Fsp3) is 1.00. The Hall–Kier alpha value is 0.390. The van der Waals surface area contributed by atoms with Crippen molar-refractivity contribution in [2.45, 2.75) is 38.9 Å². The Morgan fingerprint density at radius 3 is 2.21 bits per heavy atom. The smallest absolute Gasteiger partial charge is 0.212 e. The SMILES string of the molecule is CCCCN(CCBr)S(=O)(=O)C(C)C. The third kappa shape index (κ3) is 4.28. The van der Waals surface area contributed by atoms with E-state index >= 15 is 0 Å². The average Bonchev–Trinajstić information content (AvgIpc) is 2.11. The summed E-state index contributed by atoms with van der Waals surface area (Å²) in [5.41, 5.74) is 0. The van der Waals surface area contributed by atoms with Crippen molar-refractivity contribution in [3.63, 3.8) is 0 Å². The van der Waals surface area contributed by atoms with Crippen LogP contribution in [0.4, 0.5) is 0 Å². The highest BCUT2D eigenvalue weighted by Gasteiger charge is 2.24. The molecule has 0 unspecified atom stereocenters. The third-order valence-electron chi connectivity index (χ3n) is 2.05. The van der Waals surface area contributed by atoms with Crippen molar-refractivity contribution in [3.8, 4) is 0 Å². The lowest BCUT2D eigenvalue weighted by molar-refractivity contribution is 0.417. The highest BCUT2D eigenvalue weighted by molar-refractivity contribution is 9.09. The van der Waals surface area contributed by atoms with Gasteiger partial charge in [-0.15, -0.1) is 0 Å². The van der Waals surface area contributed by atoms with Crippen molar-refractivity contribution >= 4 is 26.0 Å². The van der Waals surface area contributed by atoms with Gasteiger partial charge in [-0.05, 0) is 20.3 Å². The standard InChI is InChI=1S/C9H20BrNO2S/c1-4-5-7-11(8-6-10)14(12,13)9(2)3/h9H,4-8H2,1-3H3. The van der Waals surface area contributed by atoms with Crippen molar-refractivity contribution in [2.24, 2.45) is 0 Å². The van der Waals surface area contributed by atoms with Crippen LogP contribution in [0.3, 0.4) is 0 Å². The summed E-state index contributed by atoms with van der Waals surface area (Å²) >= 11 is 3.28. The molecule has 0 saturated carbocycles. The van der Waals surface area contributed by atoms with Crippen LogP contribution in [0.25, 0.3) is 0 Å². The first-order valence-corrected chi connectivity index (χ1v) is 7.64. The van der Waals surface area contributed by atoms with Gasteiger partial charge in [0.05, 0.1) is 5.25 Å². The fourth-order valence-electron chi connectivity index (χ4n) is 1.09. The molecule has 0 aliphatic rings. The molecule has 3 nitrogen and oxygen atoms in total. The number of rotatable bonds is 7. The van der Waals surface area contributed by atoms with E-state index in [0.29, 0.717) is 18.4 Å². The number of halogens is 1. The zero-order valence-corrected chi connectivity index (χ0v) is 11.6. The average molecular weight is 286 g/mol. The molecule has 86 valence electrons. The van der Waals surface area contributed by atoms with E-state index in [4.69, 9.17) is 0 Å². The summed E-state index contributed by atoms with van der Waals surface area (Å²) in [7, 11) is -3.07. The van der Waals surface area contributed by atoms with Crippen LogP contribution in [-0.2, 0) is 10.0 Å². The molecule has 0 N–H and O–H groups in total. The maximum Gasteiger partial charge on any atom is 0.216 e. The number of alkyl halides is 1. The number of unbranched alkanes of at least 4 members (excludes halogenated alkanes) is 1. The first-order chi connectivity index (χ1) is 6.46. The van der Waals surface area contributed by atoms with Gasteiger partial charge in [-0.25, -0.2) is 12.7 Å². The Morgan fingerprint density at radius 1 is 1.29 bits per heavy atom. The van der Waals surface area contributed by atoms with Crippen LogP contribution in [0.15, 0.2) is 0 Å². The Labute approximate surface area is 96.0 Å². The molecule has 5 heteroatoms. The third-order valence-corrected chi connectivity index (χ3v) is 4.68. The van der Waals surface area contributed by atoms with E-state index in [1.807, 2.05) is 0 Å². The lowest BCUT2D eigenvalue weighted by Gasteiger charge is -2.23. The van der Waals surface area contributed by atoms with E-state index in [9.17, 15) is 8.42 Å². The summed E-state index contributed by atoms with van der Waals surface area (Å²) in [6.07, 6.45) is 1.95. The monoisotopic (exact) mass is 285 g/mol. The molecule has 0 spiro atoms. The Morgan fingerprint density at radius 2 is 1.86 bits per heavy atom. The summed E-state index contributed by atoms with van der Waals surface area (Å²) < 4.78 is 25.2. The van der Waals surface area contributed by atoms with Gasteiger partial charge in [-0.2, -0.15) is 0 Å². The normalized spacial score (nSPS) is 12.7. The van der Waals surface area contributed by atoms with Crippen LogP contribution in [0, 0.1) is 0 Å². The van der Waals surface area contributed by atoms with Gasteiger partial charge < -0.3 is 0 Å². The fourth-order valence-corrected chi connectivity index (χ4v) is 3.08. The maximum atomic E-state index is 11.8. The molecule has 0 amide bonds. The zero-order valence-electron chi connectivity index (χ0n) is 9.16. The van der Waals surface area contributed by atoms with E-state index in [-0.39, 0.29) is 5.25 Å². The molecule has 0 fully saturated rings. The molecule has 14 heavy (non-hydrogen) atoms. The molecule has 0 aliphatic carbocycles. The van der Waals surface area contributed by atoms with E-state index in [2.05, 4.69) is 22.9 Å². The Kier molecular flexibility index (Phi) is 6.99. The summed E-state index contributed by atoms with van der Waals surface area (Å²) in [6, 6.07) is 0. The Balaban J connectivity index is 4.47. The molecule has 0 atom stereocenters. The van der Waals surface area contributed by atoms with Crippen molar-refractivity contribution in [3.05, 3.63) is 0 Å². The molecule has 0 aromatic heterocycles. The van der Waals surface area contributed by atoms with Crippen LogP contribution in [-0.4, -0.2) is 36.4 Å². The molecule has 0 aliphatic heterocycles. The summed E-state index contributed by atoms with van der Waals surface area (Å²) in [4.78, 5) is 0. The van der Waals surface area contributed by atoms with Gasteiger partial charge >= 0.3 is 0 Å². The van der Waals surface area contributed by atoms with Gasteiger partial charge in [-0.1, -0.05) is 29.3 Å². The van der Waals surface area contributed by atoms with Crippen molar-refractivity contribution < 1.29 is 8.42 Å².